The van der Waals surface area contributed by atoms with E-state index in [0.29, 0.717) is 6.61 Å². The van der Waals surface area contributed by atoms with Gasteiger partial charge in [0.1, 0.15) is 0 Å². The highest BCUT2D eigenvalue weighted by molar-refractivity contribution is 6.67. The smallest absolute Gasteiger partial charge is 0.306 e. The average Bonchev–Trinajstić information content (AvgIpc) is 2.03. The molecule has 0 bridgehead atoms. The van der Waals surface area contributed by atoms with Crippen molar-refractivity contribution in [1.29, 1.82) is 0 Å². The maximum atomic E-state index is 11.2. The van der Waals surface area contributed by atoms with Gasteiger partial charge in [0.25, 0.3) is 0 Å². The molecule has 0 rings (SSSR count). The molecule has 0 N–H and O–H groups in total. The van der Waals surface area contributed by atoms with Crippen molar-refractivity contribution in [2.75, 3.05) is 6.61 Å². The zero-order valence-corrected chi connectivity index (χ0v) is 10.6. The fraction of sp³-hybridized carbons (Fsp3) is 0.889. The van der Waals surface area contributed by atoms with Gasteiger partial charge in [-0.3, -0.25) is 4.79 Å². The van der Waals surface area contributed by atoms with Gasteiger partial charge >= 0.3 is 5.97 Å². The van der Waals surface area contributed by atoms with Crippen LogP contribution in [-0.4, -0.2) is 16.4 Å². The molecule has 0 spiro atoms. The van der Waals surface area contributed by atoms with E-state index in [1.54, 1.807) is 6.92 Å². The summed E-state index contributed by atoms with van der Waals surface area (Å²) in [5.41, 5.74) is 0. The average molecular weight is 262 g/mol. The van der Waals surface area contributed by atoms with E-state index in [0.717, 1.165) is 12.8 Å². The van der Waals surface area contributed by atoms with Gasteiger partial charge in [0, 0.05) is 5.92 Å². The lowest BCUT2D eigenvalue weighted by molar-refractivity contribution is -0.144. The first-order chi connectivity index (χ1) is 6.38. The van der Waals surface area contributed by atoms with Gasteiger partial charge in [-0.25, -0.2) is 0 Å². The molecule has 0 aromatic carbocycles. The van der Waals surface area contributed by atoms with Crippen LogP contribution in [0.2, 0.25) is 0 Å². The molecule has 14 heavy (non-hydrogen) atoms. The van der Waals surface area contributed by atoms with Crippen molar-refractivity contribution in [3.8, 4) is 0 Å². The molecule has 0 saturated carbocycles. The molecular weight excluding hydrogens is 246 g/mol. The van der Waals surface area contributed by atoms with Crippen molar-refractivity contribution in [2.45, 2.75) is 36.9 Å². The van der Waals surface area contributed by atoms with Crippen LogP contribution in [0.3, 0.4) is 0 Å². The van der Waals surface area contributed by atoms with Gasteiger partial charge in [-0.05, 0) is 6.42 Å². The summed E-state index contributed by atoms with van der Waals surface area (Å²) in [6.45, 7) is 4.17. The summed E-state index contributed by atoms with van der Waals surface area (Å²) in [4.78, 5) is 11.2. The van der Waals surface area contributed by atoms with E-state index in [4.69, 9.17) is 39.5 Å². The van der Waals surface area contributed by atoms with Gasteiger partial charge in [-0.1, -0.05) is 55.1 Å². The van der Waals surface area contributed by atoms with Crippen LogP contribution in [0.15, 0.2) is 0 Å². The lowest BCUT2D eigenvalue weighted by Gasteiger charge is -2.18. The van der Waals surface area contributed by atoms with Crippen molar-refractivity contribution in [2.24, 2.45) is 5.92 Å². The number of unbranched alkanes of at least 4 members (excludes halogenated alkanes) is 1. The number of carbonyl (C=O) groups excluding carboxylic acids is 1. The zero-order chi connectivity index (χ0) is 11.2. The number of esters is 1. The Labute approximate surface area is 99.8 Å². The van der Waals surface area contributed by atoms with Crippen molar-refractivity contribution >= 4 is 40.8 Å². The normalized spacial score (nSPS) is 13.8. The third-order valence-corrected chi connectivity index (χ3v) is 2.91. The van der Waals surface area contributed by atoms with Crippen LogP contribution >= 0.6 is 34.8 Å². The minimum absolute atomic E-state index is 0.139. The highest BCUT2D eigenvalue weighted by Gasteiger charge is 2.30. The molecule has 2 nitrogen and oxygen atoms in total. The summed E-state index contributed by atoms with van der Waals surface area (Å²) in [6, 6.07) is 0. The SMILES string of the molecule is CCCCOC(=O)CC(C)C(Cl)(Cl)Cl. The Hall–Kier alpha value is 0.340. The molecule has 5 heteroatoms. The van der Waals surface area contributed by atoms with Crippen LogP contribution in [0.4, 0.5) is 0 Å². The summed E-state index contributed by atoms with van der Waals surface area (Å²) in [6.07, 6.45) is 2.00. The van der Waals surface area contributed by atoms with E-state index in [2.05, 4.69) is 0 Å². The van der Waals surface area contributed by atoms with E-state index in [9.17, 15) is 4.79 Å². The van der Waals surface area contributed by atoms with Crippen LogP contribution in [0.1, 0.15) is 33.1 Å². The summed E-state index contributed by atoms with van der Waals surface area (Å²) < 4.78 is 3.53. The lowest BCUT2D eigenvalue weighted by Crippen LogP contribution is -2.20. The Morgan fingerprint density at radius 1 is 1.43 bits per heavy atom. The fourth-order valence-corrected chi connectivity index (χ4v) is 0.986. The highest BCUT2D eigenvalue weighted by atomic mass is 35.6. The van der Waals surface area contributed by atoms with Crippen LogP contribution in [0, 0.1) is 5.92 Å². The number of alkyl halides is 3. The van der Waals surface area contributed by atoms with Gasteiger partial charge in [0.05, 0.1) is 13.0 Å². The second-order valence-corrected chi connectivity index (χ2v) is 5.59. The van der Waals surface area contributed by atoms with Crippen LogP contribution < -0.4 is 0 Å². The van der Waals surface area contributed by atoms with E-state index < -0.39 is 3.79 Å². The molecule has 0 amide bonds. The first-order valence-electron chi connectivity index (χ1n) is 4.60. The van der Waals surface area contributed by atoms with Gasteiger partial charge in [0.2, 0.25) is 0 Å². The monoisotopic (exact) mass is 260 g/mol. The molecule has 1 atom stereocenters. The van der Waals surface area contributed by atoms with Gasteiger partial charge in [-0.15, -0.1) is 0 Å². The molecule has 0 radical (unpaired) electrons. The number of ether oxygens (including phenoxy) is 1. The Morgan fingerprint density at radius 2 is 2.00 bits per heavy atom. The molecule has 0 aromatic heterocycles. The fourth-order valence-electron chi connectivity index (χ4n) is 0.755. The van der Waals surface area contributed by atoms with E-state index >= 15 is 0 Å². The molecule has 0 aliphatic heterocycles. The molecular formula is C9H15Cl3O2. The predicted octanol–water partition coefficient (Wildman–Crippen LogP) is 3.73. The summed E-state index contributed by atoms with van der Waals surface area (Å²) in [5, 5.41) is 0. The third kappa shape index (κ3) is 6.74. The van der Waals surface area contributed by atoms with Crippen LogP contribution in [-0.2, 0) is 9.53 Å². The minimum atomic E-state index is -1.40. The quantitative estimate of drug-likeness (QED) is 0.428. The van der Waals surface area contributed by atoms with Crippen molar-refractivity contribution in [3.63, 3.8) is 0 Å². The minimum Gasteiger partial charge on any atom is -0.466 e. The standard InChI is InChI=1S/C9H15Cl3O2/c1-3-4-5-14-8(13)6-7(2)9(10,11)12/h7H,3-6H2,1-2H3. The second kappa shape index (κ2) is 6.76. The van der Waals surface area contributed by atoms with Crippen molar-refractivity contribution in [1.82, 2.24) is 0 Å². The molecule has 0 heterocycles. The largest absolute Gasteiger partial charge is 0.466 e. The Kier molecular flexibility index (Phi) is 6.92. The summed E-state index contributed by atoms with van der Waals surface area (Å²) in [5.74, 6) is -0.640. The lowest BCUT2D eigenvalue weighted by atomic mass is 10.1. The molecule has 0 aliphatic carbocycles. The highest BCUT2D eigenvalue weighted by Crippen LogP contribution is 2.36. The Bertz CT molecular complexity index is 177. The van der Waals surface area contributed by atoms with Gasteiger partial charge in [-0.2, -0.15) is 0 Å². The summed E-state index contributed by atoms with van der Waals surface area (Å²) in [7, 11) is 0. The second-order valence-electron chi connectivity index (χ2n) is 3.22. The molecule has 0 saturated heterocycles. The van der Waals surface area contributed by atoms with E-state index in [1.807, 2.05) is 6.92 Å². The number of carbonyl (C=O) groups is 1. The molecule has 0 aliphatic rings. The van der Waals surface area contributed by atoms with Crippen molar-refractivity contribution in [3.05, 3.63) is 0 Å². The molecule has 84 valence electrons. The van der Waals surface area contributed by atoms with Crippen LogP contribution in [0.5, 0.6) is 0 Å². The topological polar surface area (TPSA) is 26.3 Å². The summed E-state index contributed by atoms with van der Waals surface area (Å²) >= 11 is 16.8. The zero-order valence-electron chi connectivity index (χ0n) is 8.36. The predicted molar refractivity (Wildman–Crippen MR) is 59.9 cm³/mol. The third-order valence-electron chi connectivity index (χ3n) is 1.79. The Morgan fingerprint density at radius 3 is 2.43 bits per heavy atom. The number of hydrogen-bond donors (Lipinski definition) is 0. The van der Waals surface area contributed by atoms with E-state index in [-0.39, 0.29) is 18.3 Å². The number of halogens is 3. The van der Waals surface area contributed by atoms with Gasteiger partial charge < -0.3 is 4.74 Å². The molecule has 0 aromatic rings. The van der Waals surface area contributed by atoms with Crippen LogP contribution in [0.25, 0.3) is 0 Å². The Balaban J connectivity index is 3.72. The maximum Gasteiger partial charge on any atom is 0.306 e. The first-order valence-corrected chi connectivity index (χ1v) is 5.73. The molecule has 1 unspecified atom stereocenters. The number of rotatable bonds is 5. The number of hydrogen-bond acceptors (Lipinski definition) is 2. The van der Waals surface area contributed by atoms with Crippen molar-refractivity contribution < 1.29 is 9.53 Å². The van der Waals surface area contributed by atoms with E-state index in [1.165, 1.54) is 0 Å². The first kappa shape index (κ1) is 14.3. The molecule has 0 fully saturated rings. The van der Waals surface area contributed by atoms with Gasteiger partial charge in [0.15, 0.2) is 3.79 Å². The maximum absolute atomic E-state index is 11.2.